The fourth-order valence-corrected chi connectivity index (χ4v) is 1.46. The van der Waals surface area contributed by atoms with E-state index >= 15 is 0 Å². The topological polar surface area (TPSA) is 78.9 Å². The molecule has 20 heavy (non-hydrogen) atoms. The third-order valence-corrected chi connectivity index (χ3v) is 2.48. The number of thioether (sulfide) groups is 1. The number of hydrogen-bond donors (Lipinski definition) is 0. The zero-order valence-corrected chi connectivity index (χ0v) is 10.6. The van der Waals surface area contributed by atoms with Gasteiger partial charge in [-0.3, -0.25) is 0 Å². The molecule has 0 aromatic heterocycles. The van der Waals surface area contributed by atoms with Crippen LogP contribution in [0.5, 0.6) is 0 Å². The molecule has 0 heterocycles. The van der Waals surface area contributed by atoms with Crippen molar-refractivity contribution in [2.24, 2.45) is 0 Å². The molecule has 0 N–H and O–H groups in total. The predicted molar refractivity (Wildman–Crippen MR) is 52.5 cm³/mol. The van der Waals surface area contributed by atoms with Crippen LogP contribution in [-0.4, -0.2) is 49.0 Å². The van der Waals surface area contributed by atoms with Crippen molar-refractivity contribution in [3.63, 3.8) is 0 Å². The largest absolute Gasteiger partial charge is 0.490 e. The molecule has 116 valence electrons. The second-order valence-corrected chi connectivity index (χ2v) is 4.06. The molecule has 0 radical (unpaired) electrons. The summed E-state index contributed by atoms with van der Waals surface area (Å²) in [5.41, 5.74) is -2.69. The van der Waals surface area contributed by atoms with Crippen molar-refractivity contribution >= 4 is 29.7 Å². The van der Waals surface area contributed by atoms with E-state index in [9.17, 15) is 36.3 Å². The molecule has 0 saturated carbocycles. The fraction of sp³-hybridized carbons (Fsp3) is 0.625. The lowest BCUT2D eigenvalue weighted by Crippen LogP contribution is -2.37. The highest BCUT2D eigenvalue weighted by Gasteiger charge is 2.50. The first-order valence-corrected chi connectivity index (χ1v) is 5.33. The zero-order chi connectivity index (χ0) is 16.1. The summed E-state index contributed by atoms with van der Waals surface area (Å²) in [6.07, 6.45) is -5.51. The van der Waals surface area contributed by atoms with Crippen LogP contribution < -0.4 is 0 Å². The molecule has 0 aromatic carbocycles. The van der Waals surface area contributed by atoms with Gasteiger partial charge in [-0.1, -0.05) is 0 Å². The van der Waals surface area contributed by atoms with Crippen molar-refractivity contribution in [1.82, 2.24) is 0 Å². The average molecular weight is 326 g/mol. The Morgan fingerprint density at radius 2 is 1.45 bits per heavy atom. The van der Waals surface area contributed by atoms with E-state index in [2.05, 4.69) is 14.2 Å². The van der Waals surface area contributed by atoms with Gasteiger partial charge < -0.3 is 14.2 Å². The monoisotopic (exact) mass is 326 g/mol. The lowest BCUT2D eigenvalue weighted by molar-refractivity contribution is -0.203. The summed E-state index contributed by atoms with van der Waals surface area (Å²) in [4.78, 5) is 32.1. The first-order valence-electron chi connectivity index (χ1n) is 4.45. The van der Waals surface area contributed by atoms with Crippen molar-refractivity contribution in [2.75, 3.05) is 14.2 Å². The molecule has 1 atom stereocenters. The molecule has 0 aliphatic rings. The molecule has 1 unspecified atom stereocenters. The second-order valence-electron chi connectivity index (χ2n) is 2.88. The minimum Gasteiger partial charge on any atom is -0.466 e. The molecule has 6 nitrogen and oxygen atoms in total. The first-order chi connectivity index (χ1) is 8.95. The van der Waals surface area contributed by atoms with Gasteiger partial charge in [-0.25, -0.2) is 14.4 Å². The van der Waals surface area contributed by atoms with Crippen molar-refractivity contribution in [3.05, 3.63) is 0 Å². The molecule has 0 fully saturated rings. The quantitative estimate of drug-likeness (QED) is 0.324. The summed E-state index contributed by atoms with van der Waals surface area (Å²) >= 11 is -0.969. The Balaban J connectivity index is 5.06. The lowest BCUT2D eigenvalue weighted by atomic mass is 10.6. The molecule has 0 saturated heterocycles. The van der Waals surface area contributed by atoms with Crippen LogP contribution in [0.2, 0.25) is 0 Å². The highest BCUT2D eigenvalue weighted by atomic mass is 32.2. The molecule has 0 aliphatic carbocycles. The van der Waals surface area contributed by atoms with Gasteiger partial charge in [-0.15, -0.1) is 0 Å². The van der Waals surface area contributed by atoms with Crippen molar-refractivity contribution in [2.45, 2.75) is 16.9 Å². The van der Waals surface area contributed by atoms with Crippen LogP contribution in [0.1, 0.15) is 0 Å². The van der Waals surface area contributed by atoms with Crippen molar-refractivity contribution in [1.29, 1.82) is 0 Å². The van der Waals surface area contributed by atoms with Crippen LogP contribution in [0, 0.1) is 0 Å². The molecule has 0 aliphatic heterocycles. The number of rotatable bonds is 5. The van der Waals surface area contributed by atoms with Gasteiger partial charge in [-0.2, -0.15) is 22.0 Å². The van der Waals surface area contributed by atoms with Crippen LogP contribution in [0.4, 0.5) is 22.0 Å². The van der Waals surface area contributed by atoms with Gasteiger partial charge in [0.05, 0.1) is 14.2 Å². The maximum absolute atomic E-state index is 13.1. The van der Waals surface area contributed by atoms with Gasteiger partial charge in [0.2, 0.25) is 0 Å². The molecule has 0 rings (SSSR count). The zero-order valence-electron chi connectivity index (χ0n) is 9.82. The summed E-state index contributed by atoms with van der Waals surface area (Å²) in [5, 5.41) is -4.42. The number of ether oxygens (including phenoxy) is 3. The van der Waals surface area contributed by atoms with Crippen LogP contribution in [0.3, 0.4) is 0 Å². The number of carbonyl (C=O) groups is 3. The Morgan fingerprint density at radius 1 is 0.950 bits per heavy atom. The molecule has 0 aromatic rings. The minimum atomic E-state index is -5.51. The van der Waals surface area contributed by atoms with E-state index in [1.807, 2.05) is 0 Å². The van der Waals surface area contributed by atoms with Gasteiger partial charge in [0.15, 0.2) is 0 Å². The predicted octanol–water partition coefficient (Wildman–Crippen LogP) is 1.09. The van der Waals surface area contributed by atoms with E-state index in [-0.39, 0.29) is 0 Å². The van der Waals surface area contributed by atoms with E-state index in [1.165, 1.54) is 0 Å². The standard InChI is InChI=1S/C8H7F5O6S/c1-17-3(14)4(19-5(15)7(9,10)11)20-8(12,13)6(16)18-2/h4H,1-2H3. The van der Waals surface area contributed by atoms with Crippen LogP contribution >= 0.6 is 11.8 Å². The van der Waals surface area contributed by atoms with Crippen LogP contribution in [-0.2, 0) is 28.6 Å². The average Bonchev–Trinajstić information content (AvgIpc) is 2.34. The molecular weight excluding hydrogens is 319 g/mol. The molecule has 0 amide bonds. The summed E-state index contributed by atoms with van der Waals surface area (Å²) < 4.78 is 73.1. The first kappa shape index (κ1) is 18.4. The number of methoxy groups -OCH3 is 2. The highest BCUT2D eigenvalue weighted by molar-refractivity contribution is 8.02. The normalized spacial score (nSPS) is 13.3. The Hall–Kier alpha value is -1.59. The van der Waals surface area contributed by atoms with E-state index in [0.29, 0.717) is 14.2 Å². The van der Waals surface area contributed by atoms with Crippen LogP contribution in [0.25, 0.3) is 0 Å². The van der Waals surface area contributed by atoms with Gasteiger partial charge in [0.1, 0.15) is 0 Å². The Kier molecular flexibility index (Phi) is 6.19. The maximum Gasteiger partial charge on any atom is 0.490 e. The van der Waals surface area contributed by atoms with Crippen LogP contribution in [0.15, 0.2) is 0 Å². The Labute approximate surface area is 112 Å². The number of alkyl halides is 5. The lowest BCUT2D eigenvalue weighted by Gasteiger charge is -2.19. The second kappa shape index (κ2) is 6.72. The number of halogens is 5. The van der Waals surface area contributed by atoms with Gasteiger partial charge >= 0.3 is 29.3 Å². The van der Waals surface area contributed by atoms with Gasteiger partial charge in [0.25, 0.3) is 5.44 Å². The Bertz CT molecular complexity index is 395. The molecule has 12 heteroatoms. The molecular formula is C8H7F5O6S. The van der Waals surface area contributed by atoms with Gasteiger partial charge in [0, 0.05) is 0 Å². The molecule has 0 bridgehead atoms. The third kappa shape index (κ3) is 5.19. The highest BCUT2D eigenvalue weighted by Crippen LogP contribution is 2.35. The Morgan fingerprint density at radius 3 is 1.80 bits per heavy atom. The fourth-order valence-electron chi connectivity index (χ4n) is 0.682. The summed E-state index contributed by atoms with van der Waals surface area (Å²) in [7, 11) is 1.25. The van der Waals surface area contributed by atoms with Crippen molar-refractivity contribution < 1.29 is 50.5 Å². The van der Waals surface area contributed by atoms with Gasteiger partial charge in [-0.05, 0) is 11.8 Å². The van der Waals surface area contributed by atoms with E-state index in [1.54, 1.807) is 0 Å². The summed E-state index contributed by atoms with van der Waals surface area (Å²) in [5.74, 6) is -6.74. The third-order valence-electron chi connectivity index (χ3n) is 1.52. The van der Waals surface area contributed by atoms with E-state index < -0.39 is 46.5 Å². The summed E-state index contributed by atoms with van der Waals surface area (Å²) in [6.45, 7) is 0. The minimum absolute atomic E-state index is 0.589. The number of hydrogen-bond acceptors (Lipinski definition) is 7. The maximum atomic E-state index is 13.1. The number of carbonyl (C=O) groups excluding carboxylic acids is 3. The number of esters is 3. The van der Waals surface area contributed by atoms with E-state index in [4.69, 9.17) is 0 Å². The SMILES string of the molecule is COC(=O)C(OC(=O)C(F)(F)F)SC(F)(F)C(=O)OC. The smallest absolute Gasteiger partial charge is 0.466 e. The van der Waals surface area contributed by atoms with E-state index in [0.717, 1.165) is 0 Å². The molecule has 0 spiro atoms. The van der Waals surface area contributed by atoms with Crippen molar-refractivity contribution in [3.8, 4) is 0 Å². The summed E-state index contributed by atoms with van der Waals surface area (Å²) in [6, 6.07) is 0.